The zero-order valence-electron chi connectivity index (χ0n) is 18.1. The van der Waals surface area contributed by atoms with Crippen LogP contribution in [0.2, 0.25) is 0 Å². The van der Waals surface area contributed by atoms with Gasteiger partial charge in [-0.05, 0) is 41.5 Å². The third-order valence-corrected chi connectivity index (χ3v) is 6.69. The summed E-state index contributed by atoms with van der Waals surface area (Å²) in [4.78, 5) is 34.9. The standard InChI is InChI=1S/C26H25N3O4/c30-25(31)17-6-5-7-18(14-17)29(24-15-27-12-13-28-24)26(32)33-16-23-21-10-3-1-8-19(21)20-9-2-4-11-22(20)23/h1-4,8-13,15,17-18,23H,5-7,14,16H2,(H,30,31). The minimum Gasteiger partial charge on any atom is -0.481 e. The molecule has 0 saturated heterocycles. The molecule has 1 amide bonds. The van der Waals surface area contributed by atoms with Gasteiger partial charge >= 0.3 is 12.1 Å². The average Bonchev–Trinajstić information content (AvgIpc) is 3.17. The Bertz CT molecular complexity index is 1120. The molecule has 0 radical (unpaired) electrons. The molecule has 3 aromatic rings. The van der Waals surface area contributed by atoms with Crippen molar-refractivity contribution in [3.63, 3.8) is 0 Å². The van der Waals surface area contributed by atoms with E-state index in [0.717, 1.165) is 28.7 Å². The SMILES string of the molecule is O=C(O)C1CCCC(N(C(=O)OCC2c3ccccc3-c3ccccc32)c2cnccn2)C1. The van der Waals surface area contributed by atoms with E-state index in [9.17, 15) is 14.7 Å². The van der Waals surface area contributed by atoms with E-state index >= 15 is 0 Å². The van der Waals surface area contributed by atoms with Crippen molar-refractivity contribution in [1.29, 1.82) is 0 Å². The molecule has 33 heavy (non-hydrogen) atoms. The Morgan fingerprint density at radius 3 is 2.33 bits per heavy atom. The smallest absolute Gasteiger partial charge is 0.415 e. The summed E-state index contributed by atoms with van der Waals surface area (Å²) in [5.74, 6) is -0.982. The number of aromatic nitrogens is 2. The summed E-state index contributed by atoms with van der Waals surface area (Å²) in [6.07, 6.45) is 6.48. The minimum absolute atomic E-state index is 0.0526. The fourth-order valence-corrected chi connectivity index (χ4v) is 5.13. The second-order valence-corrected chi connectivity index (χ2v) is 8.59. The first-order chi connectivity index (χ1) is 16.1. The first-order valence-electron chi connectivity index (χ1n) is 11.3. The van der Waals surface area contributed by atoms with Gasteiger partial charge in [0.15, 0.2) is 5.82 Å². The molecule has 2 atom stereocenters. The van der Waals surface area contributed by atoms with Gasteiger partial charge in [0.2, 0.25) is 0 Å². The Kier molecular flexibility index (Phi) is 5.77. The number of fused-ring (bicyclic) bond motifs is 3. The number of benzene rings is 2. The van der Waals surface area contributed by atoms with Gasteiger partial charge in [0.05, 0.1) is 12.1 Å². The molecule has 0 spiro atoms. The summed E-state index contributed by atoms with van der Waals surface area (Å²) in [7, 11) is 0. The normalized spacial score (nSPS) is 19.4. The molecule has 0 aliphatic heterocycles. The number of anilines is 1. The Morgan fingerprint density at radius 2 is 1.70 bits per heavy atom. The summed E-state index contributed by atoms with van der Waals surface area (Å²) >= 11 is 0. The molecule has 7 heteroatoms. The summed E-state index contributed by atoms with van der Waals surface area (Å²) in [5.41, 5.74) is 4.61. The predicted octanol–water partition coefficient (Wildman–Crippen LogP) is 4.88. The lowest BCUT2D eigenvalue weighted by Crippen LogP contribution is -2.45. The molecule has 7 nitrogen and oxygen atoms in total. The molecule has 2 aromatic carbocycles. The quantitative estimate of drug-likeness (QED) is 0.604. The maximum Gasteiger partial charge on any atom is 0.415 e. The average molecular weight is 444 g/mol. The molecule has 2 aliphatic rings. The highest BCUT2D eigenvalue weighted by atomic mass is 16.6. The highest BCUT2D eigenvalue weighted by Crippen LogP contribution is 2.44. The third-order valence-electron chi connectivity index (χ3n) is 6.69. The van der Waals surface area contributed by atoms with E-state index in [1.54, 1.807) is 6.20 Å². The van der Waals surface area contributed by atoms with Crippen molar-refractivity contribution in [2.75, 3.05) is 11.5 Å². The van der Waals surface area contributed by atoms with Crippen molar-refractivity contribution in [2.24, 2.45) is 5.92 Å². The molecular weight excluding hydrogens is 418 g/mol. The second kappa shape index (κ2) is 9.02. The largest absolute Gasteiger partial charge is 0.481 e. The van der Waals surface area contributed by atoms with Crippen LogP contribution in [0.15, 0.2) is 67.1 Å². The van der Waals surface area contributed by atoms with Crippen LogP contribution in [0.3, 0.4) is 0 Å². The van der Waals surface area contributed by atoms with E-state index < -0.39 is 18.0 Å². The van der Waals surface area contributed by atoms with Crippen LogP contribution in [-0.4, -0.2) is 39.8 Å². The summed E-state index contributed by atoms with van der Waals surface area (Å²) in [6, 6.07) is 16.1. The number of rotatable bonds is 5. The number of carboxylic acid groups (broad SMARTS) is 1. The van der Waals surface area contributed by atoms with Gasteiger partial charge in [-0.2, -0.15) is 0 Å². The van der Waals surface area contributed by atoms with Gasteiger partial charge < -0.3 is 9.84 Å². The van der Waals surface area contributed by atoms with Crippen LogP contribution < -0.4 is 4.90 Å². The molecule has 1 N–H and O–H groups in total. The number of nitrogens with zero attached hydrogens (tertiary/aromatic N) is 3. The topological polar surface area (TPSA) is 92.6 Å². The molecule has 2 unspecified atom stereocenters. The Labute approximate surface area is 192 Å². The highest BCUT2D eigenvalue weighted by molar-refractivity contribution is 5.87. The van der Waals surface area contributed by atoms with E-state index in [1.165, 1.54) is 17.3 Å². The molecule has 1 saturated carbocycles. The van der Waals surface area contributed by atoms with E-state index in [1.807, 2.05) is 24.3 Å². The zero-order chi connectivity index (χ0) is 22.8. The lowest BCUT2D eigenvalue weighted by molar-refractivity contribution is -0.142. The first-order valence-corrected chi connectivity index (χ1v) is 11.3. The van der Waals surface area contributed by atoms with Crippen LogP contribution >= 0.6 is 0 Å². The second-order valence-electron chi connectivity index (χ2n) is 8.59. The van der Waals surface area contributed by atoms with Gasteiger partial charge in [0.1, 0.15) is 6.61 Å². The van der Waals surface area contributed by atoms with Gasteiger partial charge in [-0.3, -0.25) is 14.7 Å². The van der Waals surface area contributed by atoms with Gasteiger partial charge in [-0.1, -0.05) is 55.0 Å². The Hall–Kier alpha value is -3.74. The van der Waals surface area contributed by atoms with Crippen LogP contribution in [0.25, 0.3) is 11.1 Å². The molecule has 168 valence electrons. The Balaban J connectivity index is 1.39. The molecule has 1 fully saturated rings. The summed E-state index contributed by atoms with van der Waals surface area (Å²) in [6.45, 7) is 0.193. The molecular formula is C26H25N3O4. The molecule has 2 aliphatic carbocycles. The fourth-order valence-electron chi connectivity index (χ4n) is 5.13. The number of ether oxygens (including phenoxy) is 1. The van der Waals surface area contributed by atoms with E-state index in [2.05, 4.69) is 34.2 Å². The van der Waals surface area contributed by atoms with Gasteiger partial charge in [0, 0.05) is 24.4 Å². The predicted molar refractivity (Wildman–Crippen MR) is 123 cm³/mol. The number of carbonyl (C=O) groups is 2. The number of carbonyl (C=O) groups excluding carboxylic acids is 1. The molecule has 1 heterocycles. The fraction of sp³-hybridized carbons (Fsp3) is 0.308. The van der Waals surface area contributed by atoms with Gasteiger partial charge in [0.25, 0.3) is 0 Å². The van der Waals surface area contributed by atoms with Gasteiger partial charge in [-0.25, -0.2) is 9.78 Å². The van der Waals surface area contributed by atoms with Crippen molar-refractivity contribution >= 4 is 17.9 Å². The number of hydrogen-bond donors (Lipinski definition) is 1. The lowest BCUT2D eigenvalue weighted by atomic mass is 9.85. The number of amides is 1. The Morgan fingerprint density at radius 1 is 1.00 bits per heavy atom. The monoisotopic (exact) mass is 443 g/mol. The maximum atomic E-state index is 13.4. The van der Waals surface area contributed by atoms with E-state index in [-0.39, 0.29) is 18.6 Å². The minimum atomic E-state index is -0.827. The summed E-state index contributed by atoms with van der Waals surface area (Å²) < 4.78 is 5.88. The van der Waals surface area contributed by atoms with Crippen LogP contribution in [-0.2, 0) is 9.53 Å². The maximum absolute atomic E-state index is 13.4. The van der Waals surface area contributed by atoms with E-state index in [0.29, 0.717) is 25.1 Å². The lowest BCUT2D eigenvalue weighted by Gasteiger charge is -2.35. The van der Waals surface area contributed by atoms with Crippen molar-refractivity contribution in [2.45, 2.75) is 37.6 Å². The van der Waals surface area contributed by atoms with Crippen LogP contribution in [0.5, 0.6) is 0 Å². The highest BCUT2D eigenvalue weighted by Gasteiger charge is 2.36. The van der Waals surface area contributed by atoms with E-state index in [4.69, 9.17) is 4.74 Å². The molecule has 1 aromatic heterocycles. The van der Waals surface area contributed by atoms with Crippen LogP contribution in [0, 0.1) is 5.92 Å². The van der Waals surface area contributed by atoms with Crippen molar-refractivity contribution < 1.29 is 19.4 Å². The zero-order valence-corrected chi connectivity index (χ0v) is 18.1. The van der Waals surface area contributed by atoms with Crippen molar-refractivity contribution in [1.82, 2.24) is 9.97 Å². The summed E-state index contributed by atoms with van der Waals surface area (Å²) in [5, 5.41) is 9.52. The first kappa shape index (κ1) is 21.1. The van der Waals surface area contributed by atoms with Crippen molar-refractivity contribution in [3.05, 3.63) is 78.2 Å². The molecule has 5 rings (SSSR count). The van der Waals surface area contributed by atoms with Gasteiger partial charge in [-0.15, -0.1) is 0 Å². The number of hydrogen-bond acceptors (Lipinski definition) is 5. The van der Waals surface area contributed by atoms with Crippen LogP contribution in [0.1, 0.15) is 42.7 Å². The van der Waals surface area contributed by atoms with Crippen molar-refractivity contribution in [3.8, 4) is 11.1 Å². The third kappa shape index (κ3) is 4.06. The number of carboxylic acids is 1. The van der Waals surface area contributed by atoms with Crippen LogP contribution in [0.4, 0.5) is 10.6 Å². The number of aliphatic carboxylic acids is 1. The molecule has 0 bridgehead atoms.